The molecule has 0 bridgehead atoms. The van der Waals surface area contributed by atoms with E-state index in [0.717, 1.165) is 11.1 Å². The number of fused-ring (bicyclic) bond motifs is 1. The molecular weight excluding hydrogens is 400 g/mol. The Hall–Kier alpha value is -4.38. The fourth-order valence-corrected chi connectivity index (χ4v) is 3.85. The van der Waals surface area contributed by atoms with Crippen LogP contribution in [-0.4, -0.2) is 16.0 Å². The minimum atomic E-state index is -0.509. The number of amides is 1. The van der Waals surface area contributed by atoms with E-state index < -0.39 is 11.9 Å². The Bertz CT molecular complexity index is 1360. The zero-order valence-electron chi connectivity index (χ0n) is 17.1. The first-order chi connectivity index (χ1) is 15.7. The van der Waals surface area contributed by atoms with Gasteiger partial charge in [0.15, 0.2) is 5.75 Å². The number of aromatic hydroxyl groups is 1. The second-order valence-electron chi connectivity index (χ2n) is 7.40. The van der Waals surface area contributed by atoms with Crippen molar-refractivity contribution in [2.75, 3.05) is 0 Å². The van der Waals surface area contributed by atoms with Crippen molar-refractivity contribution in [1.29, 1.82) is 0 Å². The number of para-hydroxylation sites is 1. The highest BCUT2D eigenvalue weighted by atomic mass is 16.3. The molecule has 5 aromatic rings. The number of hydrogen-bond acceptors (Lipinski definition) is 4. The lowest BCUT2D eigenvalue weighted by atomic mass is 10.00. The Morgan fingerprint density at radius 1 is 0.844 bits per heavy atom. The van der Waals surface area contributed by atoms with Gasteiger partial charge in [-0.15, -0.1) is 0 Å². The molecule has 1 unspecified atom stereocenters. The minimum Gasteiger partial charge on any atom is -0.505 e. The van der Waals surface area contributed by atoms with Gasteiger partial charge in [0.25, 0.3) is 5.91 Å². The fraction of sp³-hybridized carbons (Fsp3) is 0.0370. The normalized spacial score (nSPS) is 11.9. The van der Waals surface area contributed by atoms with E-state index in [1.165, 1.54) is 0 Å². The Balaban J connectivity index is 1.63. The van der Waals surface area contributed by atoms with Crippen LogP contribution in [0.3, 0.4) is 0 Å². The molecule has 2 heterocycles. The number of furan rings is 1. The average molecular weight is 420 g/mol. The first kappa shape index (κ1) is 19.6. The molecular formula is C27H20N2O3. The molecule has 0 aliphatic rings. The quantitative estimate of drug-likeness (QED) is 0.381. The molecule has 32 heavy (non-hydrogen) atoms. The van der Waals surface area contributed by atoms with Crippen LogP contribution in [0.5, 0.6) is 5.75 Å². The van der Waals surface area contributed by atoms with Gasteiger partial charge in [0.2, 0.25) is 0 Å². The van der Waals surface area contributed by atoms with Crippen molar-refractivity contribution in [1.82, 2.24) is 10.3 Å². The fourth-order valence-electron chi connectivity index (χ4n) is 3.85. The number of nitrogens with one attached hydrogen (secondary N) is 1. The number of hydrogen-bond donors (Lipinski definition) is 2. The van der Waals surface area contributed by atoms with Crippen molar-refractivity contribution in [3.8, 4) is 17.0 Å². The van der Waals surface area contributed by atoms with Gasteiger partial charge >= 0.3 is 0 Å². The van der Waals surface area contributed by atoms with E-state index in [2.05, 4.69) is 10.3 Å². The van der Waals surface area contributed by atoms with Crippen LogP contribution >= 0.6 is 0 Å². The van der Waals surface area contributed by atoms with E-state index >= 15 is 0 Å². The summed E-state index contributed by atoms with van der Waals surface area (Å²) in [5.41, 5.74) is 2.78. The lowest BCUT2D eigenvalue weighted by Gasteiger charge is -2.19. The van der Waals surface area contributed by atoms with Crippen molar-refractivity contribution >= 4 is 16.8 Å². The van der Waals surface area contributed by atoms with Gasteiger partial charge in [0.05, 0.1) is 17.3 Å². The SMILES string of the molecule is O=C(NC(c1ccccc1)c1ccco1)c1c(O)c(-c2ccccc2)nc2ccccc12. The molecule has 0 fully saturated rings. The summed E-state index contributed by atoms with van der Waals surface area (Å²) in [6.07, 6.45) is 1.57. The highest BCUT2D eigenvalue weighted by Crippen LogP contribution is 2.36. The first-order valence-electron chi connectivity index (χ1n) is 10.3. The maximum absolute atomic E-state index is 13.6. The minimum absolute atomic E-state index is 0.154. The van der Waals surface area contributed by atoms with E-state index in [1.807, 2.05) is 84.9 Å². The van der Waals surface area contributed by atoms with Crippen LogP contribution in [0.15, 0.2) is 108 Å². The predicted octanol–water partition coefficient (Wildman–Crippen LogP) is 5.72. The molecule has 5 rings (SSSR count). The predicted molar refractivity (Wildman–Crippen MR) is 123 cm³/mol. The number of nitrogens with zero attached hydrogens (tertiary/aromatic N) is 1. The van der Waals surface area contributed by atoms with Crippen LogP contribution in [0.2, 0.25) is 0 Å². The summed E-state index contributed by atoms with van der Waals surface area (Å²) in [6.45, 7) is 0. The number of pyridine rings is 1. The standard InChI is InChI=1S/C27H20N2O3/c30-26-23(20-14-7-8-15-21(20)28-25(26)19-12-5-2-6-13-19)27(31)29-24(22-16-9-17-32-22)18-10-3-1-4-11-18/h1-17,24,30H,(H,29,31). The summed E-state index contributed by atoms with van der Waals surface area (Å²) in [4.78, 5) is 18.2. The molecule has 5 nitrogen and oxygen atoms in total. The van der Waals surface area contributed by atoms with Gasteiger partial charge in [0, 0.05) is 10.9 Å². The molecule has 0 saturated carbocycles. The topological polar surface area (TPSA) is 75.4 Å². The van der Waals surface area contributed by atoms with Gasteiger partial charge in [0.1, 0.15) is 17.5 Å². The molecule has 0 saturated heterocycles. The van der Waals surface area contributed by atoms with E-state index in [4.69, 9.17) is 4.42 Å². The third kappa shape index (κ3) is 3.61. The smallest absolute Gasteiger partial charge is 0.256 e. The summed E-state index contributed by atoms with van der Waals surface area (Å²) < 4.78 is 5.61. The number of rotatable bonds is 5. The molecule has 1 amide bonds. The van der Waals surface area contributed by atoms with Crippen LogP contribution in [-0.2, 0) is 0 Å². The highest BCUT2D eigenvalue weighted by Gasteiger charge is 2.25. The summed E-state index contributed by atoms with van der Waals surface area (Å²) in [6, 6.07) is 29.3. The van der Waals surface area contributed by atoms with E-state index in [0.29, 0.717) is 22.4 Å². The summed E-state index contributed by atoms with van der Waals surface area (Å²) in [5.74, 6) is 0.0351. The van der Waals surface area contributed by atoms with Gasteiger partial charge in [-0.3, -0.25) is 4.79 Å². The third-order valence-electron chi connectivity index (χ3n) is 5.38. The molecule has 3 aromatic carbocycles. The van der Waals surface area contributed by atoms with Crippen LogP contribution in [0.25, 0.3) is 22.2 Å². The molecule has 0 spiro atoms. The second kappa shape index (κ2) is 8.40. The molecule has 0 radical (unpaired) electrons. The number of benzene rings is 3. The summed E-state index contributed by atoms with van der Waals surface area (Å²) in [5, 5.41) is 14.8. The van der Waals surface area contributed by atoms with Gasteiger partial charge in [-0.05, 0) is 23.8 Å². The second-order valence-corrected chi connectivity index (χ2v) is 7.40. The zero-order chi connectivity index (χ0) is 21.9. The van der Waals surface area contributed by atoms with Gasteiger partial charge in [-0.2, -0.15) is 0 Å². The largest absolute Gasteiger partial charge is 0.505 e. The molecule has 1 atom stereocenters. The van der Waals surface area contributed by atoms with E-state index in [1.54, 1.807) is 18.4 Å². The zero-order valence-corrected chi connectivity index (χ0v) is 17.1. The highest BCUT2D eigenvalue weighted by molar-refractivity contribution is 6.10. The first-order valence-corrected chi connectivity index (χ1v) is 10.3. The number of carbonyl (C=O) groups excluding carboxylic acids is 1. The Morgan fingerprint density at radius 2 is 1.53 bits per heavy atom. The molecule has 0 aliphatic carbocycles. The van der Waals surface area contributed by atoms with Crippen molar-refractivity contribution in [3.05, 3.63) is 120 Å². The number of carbonyl (C=O) groups is 1. The Morgan fingerprint density at radius 3 is 2.25 bits per heavy atom. The molecule has 156 valence electrons. The van der Waals surface area contributed by atoms with Crippen LogP contribution in [0, 0.1) is 0 Å². The maximum atomic E-state index is 13.6. The Labute approximate surface area is 185 Å². The lowest BCUT2D eigenvalue weighted by molar-refractivity contribution is 0.0938. The monoisotopic (exact) mass is 420 g/mol. The summed E-state index contributed by atoms with van der Waals surface area (Å²) >= 11 is 0. The van der Waals surface area contributed by atoms with E-state index in [9.17, 15) is 9.90 Å². The maximum Gasteiger partial charge on any atom is 0.256 e. The van der Waals surface area contributed by atoms with Crippen LogP contribution in [0.4, 0.5) is 0 Å². The van der Waals surface area contributed by atoms with Crippen molar-refractivity contribution in [2.45, 2.75) is 6.04 Å². The Kier molecular flexibility index (Phi) is 5.14. The number of aromatic nitrogens is 1. The van der Waals surface area contributed by atoms with Crippen molar-refractivity contribution in [2.24, 2.45) is 0 Å². The molecule has 2 aromatic heterocycles. The van der Waals surface area contributed by atoms with Crippen LogP contribution in [0.1, 0.15) is 27.7 Å². The summed E-state index contributed by atoms with van der Waals surface area (Å²) in [7, 11) is 0. The molecule has 5 heteroatoms. The average Bonchev–Trinajstić information content (AvgIpc) is 3.38. The van der Waals surface area contributed by atoms with Crippen LogP contribution < -0.4 is 5.32 Å². The molecule has 2 N–H and O–H groups in total. The van der Waals surface area contributed by atoms with Crippen molar-refractivity contribution < 1.29 is 14.3 Å². The lowest BCUT2D eigenvalue weighted by Crippen LogP contribution is -2.29. The van der Waals surface area contributed by atoms with Gasteiger partial charge < -0.3 is 14.8 Å². The van der Waals surface area contributed by atoms with Gasteiger partial charge in [-0.25, -0.2) is 4.98 Å². The van der Waals surface area contributed by atoms with Gasteiger partial charge in [-0.1, -0.05) is 78.9 Å². The van der Waals surface area contributed by atoms with E-state index in [-0.39, 0.29) is 11.3 Å². The molecule has 0 aliphatic heterocycles. The van der Waals surface area contributed by atoms with Crippen molar-refractivity contribution in [3.63, 3.8) is 0 Å². The third-order valence-corrected chi connectivity index (χ3v) is 5.38.